The highest BCUT2D eigenvalue weighted by Crippen LogP contribution is 2.25. The predicted octanol–water partition coefficient (Wildman–Crippen LogP) is 2.18. The predicted molar refractivity (Wildman–Crippen MR) is 97.1 cm³/mol. The topological polar surface area (TPSA) is 109 Å². The van der Waals surface area contributed by atoms with E-state index in [1.165, 1.54) is 4.40 Å². The molecule has 0 fully saturated rings. The third kappa shape index (κ3) is 2.55. The number of pyridine rings is 1. The van der Waals surface area contributed by atoms with Gasteiger partial charge in [-0.3, -0.25) is 4.98 Å². The lowest BCUT2D eigenvalue weighted by Crippen LogP contribution is -2.11. The van der Waals surface area contributed by atoms with Gasteiger partial charge in [-0.1, -0.05) is 6.07 Å². The first-order valence-electron chi connectivity index (χ1n) is 7.81. The Kier molecular flexibility index (Phi) is 3.61. The van der Waals surface area contributed by atoms with E-state index in [9.17, 15) is 9.90 Å². The molecule has 4 aromatic rings. The first-order chi connectivity index (χ1) is 12.5. The second-order valence-electron chi connectivity index (χ2n) is 5.89. The minimum atomic E-state index is -1.19. The summed E-state index contributed by atoms with van der Waals surface area (Å²) < 4.78 is 1.38. The van der Waals surface area contributed by atoms with E-state index < -0.39 is 5.97 Å². The van der Waals surface area contributed by atoms with Crippen LogP contribution in [0.25, 0.3) is 16.6 Å². The highest BCUT2D eigenvalue weighted by atomic mass is 16.4. The SMILES string of the molecule is CN(C)c1cccc(Nc2nc3ccncc3c3nnc(C(=O)O)n23)c1. The van der Waals surface area contributed by atoms with Crippen LogP contribution < -0.4 is 10.2 Å². The van der Waals surface area contributed by atoms with E-state index in [1.807, 2.05) is 43.3 Å². The highest BCUT2D eigenvalue weighted by Gasteiger charge is 2.19. The Morgan fingerprint density at radius 3 is 2.85 bits per heavy atom. The number of carboxylic acids is 1. The van der Waals surface area contributed by atoms with E-state index >= 15 is 0 Å². The van der Waals surface area contributed by atoms with Crippen molar-refractivity contribution in [3.8, 4) is 0 Å². The lowest BCUT2D eigenvalue weighted by atomic mass is 10.2. The summed E-state index contributed by atoms with van der Waals surface area (Å²) in [6, 6.07) is 9.44. The van der Waals surface area contributed by atoms with Crippen LogP contribution in [0.4, 0.5) is 17.3 Å². The molecule has 130 valence electrons. The molecule has 26 heavy (non-hydrogen) atoms. The number of rotatable bonds is 4. The Bertz CT molecular complexity index is 1140. The zero-order chi connectivity index (χ0) is 18.3. The zero-order valence-corrected chi connectivity index (χ0v) is 14.1. The van der Waals surface area contributed by atoms with Gasteiger partial charge in [0.15, 0.2) is 5.65 Å². The molecule has 9 nitrogen and oxygen atoms in total. The van der Waals surface area contributed by atoms with Gasteiger partial charge < -0.3 is 15.3 Å². The summed E-state index contributed by atoms with van der Waals surface area (Å²) in [5.74, 6) is -1.09. The maximum absolute atomic E-state index is 11.6. The molecule has 0 aliphatic carbocycles. The first-order valence-corrected chi connectivity index (χ1v) is 7.81. The van der Waals surface area contributed by atoms with Gasteiger partial charge in [-0.05, 0) is 24.3 Å². The van der Waals surface area contributed by atoms with Crippen LogP contribution in [0.1, 0.15) is 10.6 Å². The molecule has 2 N–H and O–H groups in total. The lowest BCUT2D eigenvalue weighted by Gasteiger charge is -2.15. The van der Waals surface area contributed by atoms with Crippen LogP contribution >= 0.6 is 0 Å². The van der Waals surface area contributed by atoms with Crippen molar-refractivity contribution < 1.29 is 9.90 Å². The second-order valence-corrected chi connectivity index (χ2v) is 5.89. The van der Waals surface area contributed by atoms with E-state index in [-0.39, 0.29) is 5.82 Å². The van der Waals surface area contributed by atoms with E-state index in [4.69, 9.17) is 0 Å². The Hall–Kier alpha value is -3.75. The highest BCUT2D eigenvalue weighted by molar-refractivity contribution is 5.94. The van der Waals surface area contributed by atoms with E-state index in [1.54, 1.807) is 18.5 Å². The molecule has 9 heteroatoms. The number of aromatic carboxylic acids is 1. The quantitative estimate of drug-likeness (QED) is 0.577. The zero-order valence-electron chi connectivity index (χ0n) is 14.1. The molecular formula is C17H15N7O2. The van der Waals surface area contributed by atoms with Crippen LogP contribution in [0.3, 0.4) is 0 Å². The van der Waals surface area contributed by atoms with Gasteiger partial charge in [0, 0.05) is 37.9 Å². The lowest BCUT2D eigenvalue weighted by molar-refractivity contribution is 0.0682. The van der Waals surface area contributed by atoms with Crippen LogP contribution in [0, 0.1) is 0 Å². The monoisotopic (exact) mass is 349 g/mol. The summed E-state index contributed by atoms with van der Waals surface area (Å²) >= 11 is 0. The van der Waals surface area contributed by atoms with Gasteiger partial charge >= 0.3 is 5.97 Å². The van der Waals surface area contributed by atoms with Gasteiger partial charge in [0.05, 0.1) is 10.9 Å². The number of nitrogens with zero attached hydrogens (tertiary/aromatic N) is 6. The molecule has 0 atom stereocenters. The van der Waals surface area contributed by atoms with Crippen LogP contribution in [0.15, 0.2) is 42.7 Å². The van der Waals surface area contributed by atoms with Crippen LogP contribution in [-0.2, 0) is 0 Å². The van der Waals surface area contributed by atoms with Crippen molar-refractivity contribution in [1.82, 2.24) is 24.6 Å². The Balaban J connectivity index is 1.94. The number of aromatic nitrogens is 5. The van der Waals surface area contributed by atoms with E-state index in [2.05, 4.69) is 25.5 Å². The Morgan fingerprint density at radius 2 is 2.08 bits per heavy atom. The maximum atomic E-state index is 11.6. The fourth-order valence-electron chi connectivity index (χ4n) is 2.69. The number of hydrogen-bond donors (Lipinski definition) is 2. The minimum absolute atomic E-state index is 0.218. The number of benzene rings is 1. The molecule has 0 amide bonds. The fourth-order valence-corrected chi connectivity index (χ4v) is 2.69. The number of anilines is 3. The molecule has 1 aromatic carbocycles. The summed E-state index contributed by atoms with van der Waals surface area (Å²) in [6.45, 7) is 0. The molecule has 0 saturated carbocycles. The van der Waals surface area contributed by atoms with Crippen molar-refractivity contribution >= 4 is 39.8 Å². The fraction of sp³-hybridized carbons (Fsp3) is 0.118. The molecule has 0 aliphatic heterocycles. The Labute approximate surface area is 147 Å². The third-order valence-electron chi connectivity index (χ3n) is 3.95. The number of fused-ring (bicyclic) bond motifs is 3. The maximum Gasteiger partial charge on any atom is 0.374 e. The largest absolute Gasteiger partial charge is 0.475 e. The average molecular weight is 349 g/mol. The molecular weight excluding hydrogens is 334 g/mol. The van der Waals surface area contributed by atoms with E-state index in [0.29, 0.717) is 22.5 Å². The molecule has 0 spiro atoms. The molecule has 0 radical (unpaired) electrons. The number of carboxylic acid groups (broad SMARTS) is 1. The number of nitrogens with one attached hydrogen (secondary N) is 1. The van der Waals surface area contributed by atoms with Crippen molar-refractivity contribution in [3.63, 3.8) is 0 Å². The minimum Gasteiger partial charge on any atom is -0.475 e. The summed E-state index contributed by atoms with van der Waals surface area (Å²) in [4.78, 5) is 22.1. The van der Waals surface area contributed by atoms with Gasteiger partial charge in [0.1, 0.15) is 0 Å². The molecule has 4 rings (SSSR count). The van der Waals surface area contributed by atoms with Crippen LogP contribution in [0.5, 0.6) is 0 Å². The van der Waals surface area contributed by atoms with Crippen molar-refractivity contribution in [2.24, 2.45) is 0 Å². The summed E-state index contributed by atoms with van der Waals surface area (Å²) in [7, 11) is 3.89. The van der Waals surface area contributed by atoms with Gasteiger partial charge in [0.25, 0.3) is 0 Å². The smallest absolute Gasteiger partial charge is 0.374 e. The molecule has 0 bridgehead atoms. The van der Waals surface area contributed by atoms with Gasteiger partial charge in [0.2, 0.25) is 11.8 Å². The van der Waals surface area contributed by atoms with Crippen LogP contribution in [-0.4, -0.2) is 49.7 Å². The van der Waals surface area contributed by atoms with Gasteiger partial charge in [-0.2, -0.15) is 0 Å². The third-order valence-corrected chi connectivity index (χ3v) is 3.95. The molecule has 0 aliphatic rings. The van der Waals surface area contributed by atoms with E-state index in [0.717, 1.165) is 11.4 Å². The summed E-state index contributed by atoms with van der Waals surface area (Å²) in [6.07, 6.45) is 3.21. The van der Waals surface area contributed by atoms with Crippen molar-refractivity contribution in [2.75, 3.05) is 24.3 Å². The van der Waals surface area contributed by atoms with Gasteiger partial charge in [-0.25, -0.2) is 14.2 Å². The number of hydrogen-bond acceptors (Lipinski definition) is 7. The van der Waals surface area contributed by atoms with Crippen LogP contribution in [0.2, 0.25) is 0 Å². The first kappa shape index (κ1) is 15.8. The molecule has 0 unspecified atom stereocenters. The number of carbonyl (C=O) groups is 1. The summed E-state index contributed by atoms with van der Waals surface area (Å²) in [5.41, 5.74) is 2.79. The van der Waals surface area contributed by atoms with Crippen molar-refractivity contribution in [3.05, 3.63) is 48.5 Å². The van der Waals surface area contributed by atoms with Crippen molar-refractivity contribution in [2.45, 2.75) is 0 Å². The second kappa shape index (κ2) is 5.96. The molecule has 3 heterocycles. The standard InChI is InChI=1S/C17H15N7O2/c1-23(2)11-5-3-4-10(8-11)19-17-20-13-6-7-18-9-12(13)14-21-22-15(16(25)26)24(14)17/h3-9H,1-2H3,(H,19,20)(H,25,26). The summed E-state index contributed by atoms with van der Waals surface area (Å²) in [5, 5.41) is 21.1. The Morgan fingerprint density at radius 1 is 1.23 bits per heavy atom. The van der Waals surface area contributed by atoms with Gasteiger partial charge in [-0.15, -0.1) is 10.2 Å². The molecule has 0 saturated heterocycles. The normalized spacial score (nSPS) is 11.0. The average Bonchev–Trinajstić information content (AvgIpc) is 3.08. The molecule has 3 aromatic heterocycles. The van der Waals surface area contributed by atoms with Crippen molar-refractivity contribution in [1.29, 1.82) is 0 Å².